The smallest absolute Gasteiger partial charge is 0.223 e. The van der Waals surface area contributed by atoms with E-state index in [1.54, 1.807) is 11.3 Å². The molecule has 0 aliphatic heterocycles. The van der Waals surface area contributed by atoms with Crippen molar-refractivity contribution in [1.82, 2.24) is 9.97 Å². The molecule has 0 fully saturated rings. The molecule has 0 unspecified atom stereocenters. The molecule has 3 aromatic rings. The Balaban J connectivity index is 1.85. The van der Waals surface area contributed by atoms with Crippen molar-refractivity contribution in [3.63, 3.8) is 0 Å². The second-order valence-corrected chi connectivity index (χ2v) is 5.86. The summed E-state index contributed by atoms with van der Waals surface area (Å²) in [6.45, 7) is 0.703. The number of nitrogen functional groups attached to an aromatic ring is 1. The predicted molar refractivity (Wildman–Crippen MR) is 83.3 cm³/mol. The van der Waals surface area contributed by atoms with E-state index in [9.17, 15) is 0 Å². The first-order valence-corrected chi connectivity index (χ1v) is 7.39. The standard InChI is InChI=1S/C13H11BrN4S/c14-9-3-1-8(2-4-9)7-16-11-10-5-6-19-12(10)18-13(15)17-11/h1-6H,7H2,(H3,15,16,17,18). The number of nitrogens with zero attached hydrogens (tertiary/aromatic N) is 2. The van der Waals surface area contributed by atoms with Gasteiger partial charge < -0.3 is 11.1 Å². The fraction of sp³-hybridized carbons (Fsp3) is 0.0769. The number of nitrogens with one attached hydrogen (secondary N) is 1. The van der Waals surface area contributed by atoms with Crippen molar-refractivity contribution in [2.75, 3.05) is 11.1 Å². The van der Waals surface area contributed by atoms with Crippen LogP contribution in [0.1, 0.15) is 5.56 Å². The molecule has 3 N–H and O–H groups in total. The fourth-order valence-corrected chi connectivity index (χ4v) is 2.83. The van der Waals surface area contributed by atoms with Crippen molar-refractivity contribution < 1.29 is 0 Å². The van der Waals surface area contributed by atoms with Gasteiger partial charge in [0.2, 0.25) is 5.95 Å². The second kappa shape index (κ2) is 5.14. The van der Waals surface area contributed by atoms with E-state index in [2.05, 4.69) is 43.3 Å². The maximum absolute atomic E-state index is 5.71. The lowest BCUT2D eigenvalue weighted by molar-refractivity contribution is 1.11. The number of hydrogen-bond acceptors (Lipinski definition) is 5. The van der Waals surface area contributed by atoms with Gasteiger partial charge in [0, 0.05) is 11.0 Å². The number of aromatic nitrogens is 2. The Hall–Kier alpha value is -1.66. The molecule has 0 radical (unpaired) electrons. The molecule has 0 amide bonds. The van der Waals surface area contributed by atoms with Crippen LogP contribution in [0.25, 0.3) is 10.2 Å². The van der Waals surface area contributed by atoms with Crippen LogP contribution >= 0.6 is 27.3 Å². The summed E-state index contributed by atoms with van der Waals surface area (Å²) in [4.78, 5) is 9.37. The molecule has 96 valence electrons. The third kappa shape index (κ3) is 2.69. The van der Waals surface area contributed by atoms with Crippen LogP contribution in [0, 0.1) is 0 Å². The van der Waals surface area contributed by atoms with Crippen LogP contribution in [0.15, 0.2) is 40.2 Å². The Bertz CT molecular complexity index is 708. The van der Waals surface area contributed by atoms with E-state index >= 15 is 0 Å². The number of hydrogen-bond donors (Lipinski definition) is 2. The molecule has 6 heteroatoms. The van der Waals surface area contributed by atoms with Gasteiger partial charge in [-0.15, -0.1) is 11.3 Å². The van der Waals surface area contributed by atoms with E-state index in [1.807, 2.05) is 23.6 Å². The molecule has 0 saturated heterocycles. The average molecular weight is 335 g/mol. The van der Waals surface area contributed by atoms with Gasteiger partial charge in [-0.2, -0.15) is 4.98 Å². The van der Waals surface area contributed by atoms with Gasteiger partial charge in [-0.05, 0) is 29.1 Å². The highest BCUT2D eigenvalue weighted by Crippen LogP contribution is 2.26. The number of thiophene rings is 1. The van der Waals surface area contributed by atoms with Crippen molar-refractivity contribution >= 4 is 49.2 Å². The van der Waals surface area contributed by atoms with Crippen molar-refractivity contribution in [3.05, 3.63) is 45.7 Å². The third-order valence-corrected chi connectivity index (χ3v) is 4.05. The number of rotatable bonds is 3. The molecule has 3 rings (SSSR count). The van der Waals surface area contributed by atoms with Gasteiger partial charge in [0.1, 0.15) is 10.6 Å². The van der Waals surface area contributed by atoms with Gasteiger partial charge in [-0.3, -0.25) is 0 Å². The maximum atomic E-state index is 5.71. The maximum Gasteiger partial charge on any atom is 0.223 e. The molecular weight excluding hydrogens is 324 g/mol. The fourth-order valence-electron chi connectivity index (χ4n) is 1.79. The lowest BCUT2D eigenvalue weighted by Gasteiger charge is -2.07. The summed E-state index contributed by atoms with van der Waals surface area (Å²) in [6.07, 6.45) is 0. The van der Waals surface area contributed by atoms with Crippen LogP contribution in [0.5, 0.6) is 0 Å². The number of nitrogens with two attached hydrogens (primary N) is 1. The predicted octanol–water partition coefficient (Wildman–Crippen LogP) is 3.65. The molecule has 0 spiro atoms. The summed E-state index contributed by atoms with van der Waals surface area (Å²) in [5, 5.41) is 6.31. The topological polar surface area (TPSA) is 63.8 Å². The van der Waals surface area contributed by atoms with E-state index in [-0.39, 0.29) is 0 Å². The minimum Gasteiger partial charge on any atom is -0.368 e. The number of fused-ring (bicyclic) bond motifs is 1. The Kier molecular flexibility index (Phi) is 3.35. The lowest BCUT2D eigenvalue weighted by Crippen LogP contribution is -2.04. The van der Waals surface area contributed by atoms with Crippen LogP contribution in [-0.2, 0) is 6.54 Å². The molecule has 0 aliphatic rings. The molecule has 0 bridgehead atoms. The van der Waals surface area contributed by atoms with Crippen molar-refractivity contribution in [2.45, 2.75) is 6.54 Å². The summed E-state index contributed by atoms with van der Waals surface area (Å²) >= 11 is 4.98. The van der Waals surface area contributed by atoms with Gasteiger partial charge in [0.05, 0.1) is 5.39 Å². The number of benzene rings is 1. The highest BCUT2D eigenvalue weighted by atomic mass is 79.9. The molecular formula is C13H11BrN4S. The Morgan fingerprint density at radius 1 is 1.16 bits per heavy atom. The molecule has 0 saturated carbocycles. The SMILES string of the molecule is Nc1nc(NCc2ccc(Br)cc2)c2ccsc2n1. The zero-order chi connectivity index (χ0) is 13.2. The minimum absolute atomic E-state index is 0.299. The normalized spacial score (nSPS) is 10.8. The third-order valence-electron chi connectivity index (χ3n) is 2.72. The Morgan fingerprint density at radius 2 is 1.95 bits per heavy atom. The van der Waals surface area contributed by atoms with Crippen molar-refractivity contribution in [3.8, 4) is 0 Å². The number of halogens is 1. The molecule has 0 aliphatic carbocycles. The van der Waals surface area contributed by atoms with Gasteiger partial charge in [-0.25, -0.2) is 4.98 Å². The zero-order valence-corrected chi connectivity index (χ0v) is 12.3. The van der Waals surface area contributed by atoms with E-state index < -0.39 is 0 Å². The van der Waals surface area contributed by atoms with Gasteiger partial charge in [0.25, 0.3) is 0 Å². The highest BCUT2D eigenvalue weighted by Gasteiger charge is 2.06. The summed E-state index contributed by atoms with van der Waals surface area (Å²) in [6, 6.07) is 10.2. The Labute approximate surface area is 122 Å². The molecule has 0 atom stereocenters. The monoisotopic (exact) mass is 334 g/mol. The van der Waals surface area contributed by atoms with Gasteiger partial charge in [0.15, 0.2) is 0 Å². The first-order chi connectivity index (χ1) is 9.22. The molecule has 2 heterocycles. The van der Waals surface area contributed by atoms with Crippen LogP contribution in [0.2, 0.25) is 0 Å². The van der Waals surface area contributed by atoms with Crippen LogP contribution in [-0.4, -0.2) is 9.97 Å². The van der Waals surface area contributed by atoms with Crippen LogP contribution < -0.4 is 11.1 Å². The number of anilines is 2. The molecule has 4 nitrogen and oxygen atoms in total. The van der Waals surface area contributed by atoms with Crippen LogP contribution in [0.4, 0.5) is 11.8 Å². The van der Waals surface area contributed by atoms with E-state index in [0.717, 1.165) is 20.5 Å². The molecule has 1 aromatic carbocycles. The zero-order valence-electron chi connectivity index (χ0n) is 9.93. The van der Waals surface area contributed by atoms with Crippen LogP contribution in [0.3, 0.4) is 0 Å². The molecule has 19 heavy (non-hydrogen) atoms. The minimum atomic E-state index is 0.299. The Morgan fingerprint density at radius 3 is 2.74 bits per heavy atom. The van der Waals surface area contributed by atoms with Gasteiger partial charge >= 0.3 is 0 Å². The summed E-state index contributed by atoms with van der Waals surface area (Å²) in [5.74, 6) is 1.08. The van der Waals surface area contributed by atoms with E-state index in [0.29, 0.717) is 12.5 Å². The second-order valence-electron chi connectivity index (χ2n) is 4.05. The first-order valence-electron chi connectivity index (χ1n) is 5.71. The van der Waals surface area contributed by atoms with Crippen molar-refractivity contribution in [1.29, 1.82) is 0 Å². The summed E-state index contributed by atoms with van der Waals surface area (Å²) < 4.78 is 1.07. The average Bonchev–Trinajstić information content (AvgIpc) is 2.85. The first kappa shape index (κ1) is 12.4. The van der Waals surface area contributed by atoms with E-state index in [4.69, 9.17) is 5.73 Å². The quantitative estimate of drug-likeness (QED) is 0.767. The van der Waals surface area contributed by atoms with Crippen molar-refractivity contribution in [2.24, 2.45) is 0 Å². The largest absolute Gasteiger partial charge is 0.368 e. The van der Waals surface area contributed by atoms with E-state index in [1.165, 1.54) is 5.56 Å². The lowest BCUT2D eigenvalue weighted by atomic mass is 10.2. The molecule has 2 aromatic heterocycles. The van der Waals surface area contributed by atoms with Gasteiger partial charge in [-0.1, -0.05) is 28.1 Å². The highest BCUT2D eigenvalue weighted by molar-refractivity contribution is 9.10. The summed E-state index contributed by atoms with van der Waals surface area (Å²) in [5.41, 5.74) is 6.89. The summed E-state index contributed by atoms with van der Waals surface area (Å²) in [7, 11) is 0.